The first kappa shape index (κ1) is 14.2. The minimum atomic E-state index is -0.144. The molecule has 0 atom stereocenters. The van der Waals surface area contributed by atoms with Crippen LogP contribution in [0.5, 0.6) is 5.75 Å². The summed E-state index contributed by atoms with van der Waals surface area (Å²) in [4.78, 5) is 11.3. The average Bonchev–Trinajstić information content (AvgIpc) is 2.49. The molecule has 0 aliphatic heterocycles. The van der Waals surface area contributed by atoms with Gasteiger partial charge < -0.3 is 15.4 Å². The Balaban J connectivity index is 1.77. The van der Waals surface area contributed by atoms with Gasteiger partial charge in [0.1, 0.15) is 12.4 Å². The van der Waals surface area contributed by atoms with Crippen molar-refractivity contribution >= 4 is 16.8 Å². The molecule has 0 spiro atoms. The van der Waals surface area contributed by atoms with E-state index in [1.807, 2.05) is 37.3 Å². The van der Waals surface area contributed by atoms with Crippen LogP contribution in [-0.4, -0.2) is 25.7 Å². The van der Waals surface area contributed by atoms with E-state index in [1.165, 1.54) is 5.39 Å². The summed E-state index contributed by atoms with van der Waals surface area (Å²) in [6.45, 7) is 3.65. The Bertz CT molecular complexity index is 569. The Labute approximate surface area is 119 Å². The molecule has 2 rings (SSSR count). The second-order valence-electron chi connectivity index (χ2n) is 4.54. The van der Waals surface area contributed by atoms with Gasteiger partial charge in [-0.05, 0) is 29.3 Å². The highest BCUT2D eigenvalue weighted by atomic mass is 16.5. The quantitative estimate of drug-likeness (QED) is 0.794. The van der Waals surface area contributed by atoms with Crippen molar-refractivity contribution in [3.8, 4) is 5.75 Å². The molecular formula is C16H20N2O2. The van der Waals surface area contributed by atoms with E-state index in [4.69, 9.17) is 4.74 Å². The van der Waals surface area contributed by atoms with Gasteiger partial charge in [0.05, 0.1) is 6.54 Å². The minimum Gasteiger partial charge on any atom is -0.492 e. The zero-order valence-corrected chi connectivity index (χ0v) is 11.7. The number of urea groups is 1. The van der Waals surface area contributed by atoms with Crippen molar-refractivity contribution in [2.24, 2.45) is 0 Å². The molecule has 20 heavy (non-hydrogen) atoms. The lowest BCUT2D eigenvalue weighted by atomic mass is 10.1. The first-order chi connectivity index (χ1) is 9.79. The highest BCUT2D eigenvalue weighted by Gasteiger charge is 1.99. The van der Waals surface area contributed by atoms with Gasteiger partial charge in [0.15, 0.2) is 0 Å². The molecule has 2 aromatic rings. The summed E-state index contributed by atoms with van der Waals surface area (Å²) >= 11 is 0. The van der Waals surface area contributed by atoms with Gasteiger partial charge in [0, 0.05) is 6.54 Å². The van der Waals surface area contributed by atoms with E-state index >= 15 is 0 Å². The van der Waals surface area contributed by atoms with Crippen molar-refractivity contribution in [1.29, 1.82) is 0 Å². The highest BCUT2D eigenvalue weighted by molar-refractivity contribution is 5.83. The molecule has 4 heteroatoms. The SMILES string of the molecule is CCCNC(=O)NCCOc1ccc2ccccc2c1. The van der Waals surface area contributed by atoms with E-state index in [-0.39, 0.29) is 6.03 Å². The Morgan fingerprint density at radius 2 is 1.80 bits per heavy atom. The lowest BCUT2D eigenvalue weighted by Crippen LogP contribution is -2.37. The van der Waals surface area contributed by atoms with E-state index in [1.54, 1.807) is 0 Å². The Kier molecular flexibility index (Phi) is 5.24. The maximum atomic E-state index is 11.3. The monoisotopic (exact) mass is 272 g/mol. The topological polar surface area (TPSA) is 50.4 Å². The summed E-state index contributed by atoms with van der Waals surface area (Å²) < 4.78 is 5.63. The molecule has 0 bridgehead atoms. The fraction of sp³-hybridized carbons (Fsp3) is 0.312. The maximum Gasteiger partial charge on any atom is 0.314 e. The molecule has 0 radical (unpaired) electrons. The molecule has 2 aromatic carbocycles. The smallest absolute Gasteiger partial charge is 0.314 e. The number of ether oxygens (including phenoxy) is 1. The van der Waals surface area contributed by atoms with Crippen molar-refractivity contribution in [1.82, 2.24) is 10.6 Å². The lowest BCUT2D eigenvalue weighted by molar-refractivity contribution is 0.236. The second kappa shape index (κ2) is 7.38. The average molecular weight is 272 g/mol. The van der Waals surface area contributed by atoms with Crippen LogP contribution in [0.25, 0.3) is 10.8 Å². The number of hydrogen-bond donors (Lipinski definition) is 2. The molecule has 0 saturated carbocycles. The third kappa shape index (κ3) is 4.16. The number of hydrogen-bond acceptors (Lipinski definition) is 2. The van der Waals surface area contributed by atoms with Crippen LogP contribution in [0.3, 0.4) is 0 Å². The number of nitrogens with one attached hydrogen (secondary N) is 2. The Morgan fingerprint density at radius 1 is 1.05 bits per heavy atom. The van der Waals surface area contributed by atoms with E-state index in [0.717, 1.165) is 17.6 Å². The van der Waals surface area contributed by atoms with E-state index in [0.29, 0.717) is 19.7 Å². The molecule has 0 aromatic heterocycles. The lowest BCUT2D eigenvalue weighted by Gasteiger charge is -2.09. The van der Waals surface area contributed by atoms with Crippen LogP contribution in [0.2, 0.25) is 0 Å². The summed E-state index contributed by atoms with van der Waals surface area (Å²) in [6.07, 6.45) is 0.932. The molecule has 0 heterocycles. The predicted molar refractivity (Wildman–Crippen MR) is 81.1 cm³/mol. The molecule has 0 aliphatic carbocycles. The predicted octanol–water partition coefficient (Wildman–Crippen LogP) is 2.93. The molecule has 0 aliphatic rings. The van der Waals surface area contributed by atoms with Crippen molar-refractivity contribution < 1.29 is 9.53 Å². The molecule has 0 unspecified atom stereocenters. The fourth-order valence-corrected chi connectivity index (χ4v) is 1.89. The highest BCUT2D eigenvalue weighted by Crippen LogP contribution is 2.20. The molecule has 0 saturated heterocycles. The van der Waals surface area contributed by atoms with Gasteiger partial charge in [-0.25, -0.2) is 4.79 Å². The number of fused-ring (bicyclic) bond motifs is 1. The molecule has 106 valence electrons. The van der Waals surface area contributed by atoms with Gasteiger partial charge in [0.25, 0.3) is 0 Å². The van der Waals surface area contributed by atoms with Crippen molar-refractivity contribution in [3.63, 3.8) is 0 Å². The van der Waals surface area contributed by atoms with Crippen LogP contribution < -0.4 is 15.4 Å². The first-order valence-electron chi connectivity index (χ1n) is 6.93. The zero-order chi connectivity index (χ0) is 14.2. The molecule has 0 fully saturated rings. The molecule has 2 N–H and O–H groups in total. The number of carbonyl (C=O) groups is 1. The molecular weight excluding hydrogens is 252 g/mol. The van der Waals surface area contributed by atoms with Gasteiger partial charge in [-0.3, -0.25) is 0 Å². The van der Waals surface area contributed by atoms with Crippen molar-refractivity contribution in [2.75, 3.05) is 19.7 Å². The van der Waals surface area contributed by atoms with Gasteiger partial charge >= 0.3 is 6.03 Å². The van der Waals surface area contributed by atoms with E-state index < -0.39 is 0 Å². The summed E-state index contributed by atoms with van der Waals surface area (Å²) in [5.41, 5.74) is 0. The number of benzene rings is 2. The summed E-state index contributed by atoms with van der Waals surface area (Å²) in [5, 5.41) is 7.84. The number of amides is 2. The second-order valence-corrected chi connectivity index (χ2v) is 4.54. The molecule has 2 amide bonds. The third-order valence-electron chi connectivity index (χ3n) is 2.91. The number of carbonyl (C=O) groups excluding carboxylic acids is 1. The van der Waals surface area contributed by atoms with Crippen LogP contribution in [0.4, 0.5) is 4.79 Å². The standard InChI is InChI=1S/C16H20N2O2/c1-2-9-17-16(19)18-10-11-20-15-8-7-13-5-3-4-6-14(13)12-15/h3-8,12H,2,9-11H2,1H3,(H2,17,18,19). The zero-order valence-electron chi connectivity index (χ0n) is 11.7. The van der Waals surface area contributed by atoms with Crippen molar-refractivity contribution in [2.45, 2.75) is 13.3 Å². The van der Waals surface area contributed by atoms with Crippen LogP contribution in [-0.2, 0) is 0 Å². The fourth-order valence-electron chi connectivity index (χ4n) is 1.89. The number of rotatable bonds is 6. The van der Waals surface area contributed by atoms with E-state index in [9.17, 15) is 4.79 Å². The Hall–Kier alpha value is -2.23. The minimum absolute atomic E-state index is 0.144. The Morgan fingerprint density at radius 3 is 2.60 bits per heavy atom. The van der Waals surface area contributed by atoms with Gasteiger partial charge in [0.2, 0.25) is 0 Å². The van der Waals surface area contributed by atoms with Crippen LogP contribution in [0.15, 0.2) is 42.5 Å². The van der Waals surface area contributed by atoms with Gasteiger partial charge in [-0.1, -0.05) is 37.3 Å². The third-order valence-corrected chi connectivity index (χ3v) is 2.91. The largest absolute Gasteiger partial charge is 0.492 e. The van der Waals surface area contributed by atoms with Crippen LogP contribution in [0.1, 0.15) is 13.3 Å². The van der Waals surface area contributed by atoms with Gasteiger partial charge in [-0.15, -0.1) is 0 Å². The van der Waals surface area contributed by atoms with Crippen LogP contribution in [0, 0.1) is 0 Å². The van der Waals surface area contributed by atoms with E-state index in [2.05, 4.69) is 22.8 Å². The summed E-state index contributed by atoms with van der Waals surface area (Å²) in [5.74, 6) is 0.819. The normalized spacial score (nSPS) is 10.2. The van der Waals surface area contributed by atoms with Crippen molar-refractivity contribution in [3.05, 3.63) is 42.5 Å². The van der Waals surface area contributed by atoms with Gasteiger partial charge in [-0.2, -0.15) is 0 Å². The first-order valence-corrected chi connectivity index (χ1v) is 6.93. The maximum absolute atomic E-state index is 11.3. The molecule has 4 nitrogen and oxygen atoms in total. The summed E-state index contributed by atoms with van der Waals surface area (Å²) in [6, 6.07) is 14.0. The van der Waals surface area contributed by atoms with Crippen LogP contribution >= 0.6 is 0 Å². The summed E-state index contributed by atoms with van der Waals surface area (Å²) in [7, 11) is 0.